The van der Waals surface area contributed by atoms with Gasteiger partial charge in [0.05, 0.1) is 0 Å². The van der Waals surface area contributed by atoms with E-state index in [4.69, 9.17) is 0 Å². The van der Waals surface area contributed by atoms with E-state index in [9.17, 15) is 0 Å². The van der Waals surface area contributed by atoms with Crippen molar-refractivity contribution in [1.29, 1.82) is 0 Å². The Labute approximate surface area is 208 Å². The highest BCUT2D eigenvalue weighted by molar-refractivity contribution is 8.57. The van der Waals surface area contributed by atoms with Crippen LogP contribution in [0.1, 0.15) is 40.0 Å². The van der Waals surface area contributed by atoms with Gasteiger partial charge in [-0.15, -0.1) is 11.8 Å². The van der Waals surface area contributed by atoms with Crippen molar-refractivity contribution in [2.45, 2.75) is 48.9 Å². The van der Waals surface area contributed by atoms with Crippen LogP contribution in [0.25, 0.3) is 0 Å². The molecule has 1 unspecified atom stereocenters. The first-order valence-electron chi connectivity index (χ1n) is 11.4. The highest BCUT2D eigenvalue weighted by atomic mass is 32.7. The minimum absolute atomic E-state index is 0.405. The van der Waals surface area contributed by atoms with Crippen molar-refractivity contribution >= 4 is 35.6 Å². The van der Waals surface area contributed by atoms with E-state index < -0.39 is 7.12 Å². The average molecular weight is 487 g/mol. The van der Waals surface area contributed by atoms with E-state index in [2.05, 4.69) is 136 Å². The topological polar surface area (TPSA) is 0 Å². The van der Waals surface area contributed by atoms with Crippen LogP contribution in [-0.4, -0.2) is 0 Å². The Morgan fingerprint density at radius 1 is 0.697 bits per heavy atom. The molecule has 0 spiro atoms. The summed E-state index contributed by atoms with van der Waals surface area (Å²) in [7, 11) is -0.455. The van der Waals surface area contributed by atoms with Crippen LogP contribution in [0.15, 0.2) is 107 Å². The number of aryl methyl sites for hydroxylation is 3. The smallest absolute Gasteiger partial charge is 0.0319 e. The third kappa shape index (κ3) is 6.33. The molecule has 0 saturated carbocycles. The SMILES string of the molecule is Cc1cc(C)c(P(Cc2ccccc2[C@@H](C)Sc2ccccc2)Sc2ccccc2)c(C)c1. The standard InChI is InChI=1S/C30H31PS2/c1-22-19-23(2)30(24(3)20-22)31(33-28-16-9-6-10-17-28)21-26-13-11-12-18-29(26)25(4)32-27-14-7-5-8-15-27/h5-20,25H,21H2,1-4H3/t25-,31?/m1/s1. The number of thioether (sulfide) groups is 1. The number of hydrogen-bond acceptors (Lipinski definition) is 2. The third-order valence-electron chi connectivity index (χ3n) is 5.71. The van der Waals surface area contributed by atoms with Crippen molar-refractivity contribution in [1.82, 2.24) is 0 Å². The van der Waals surface area contributed by atoms with Crippen LogP contribution in [0.3, 0.4) is 0 Å². The predicted octanol–water partition coefficient (Wildman–Crippen LogP) is 9.48. The summed E-state index contributed by atoms with van der Waals surface area (Å²) in [5.74, 6) is 0. The lowest BCUT2D eigenvalue weighted by molar-refractivity contribution is 1.06. The second-order valence-electron chi connectivity index (χ2n) is 8.46. The number of benzene rings is 4. The summed E-state index contributed by atoms with van der Waals surface area (Å²) in [5, 5.41) is 1.95. The fraction of sp³-hybridized carbons (Fsp3) is 0.200. The second-order valence-corrected chi connectivity index (χ2v) is 13.9. The van der Waals surface area contributed by atoms with E-state index in [1.54, 1.807) is 5.30 Å². The highest BCUT2D eigenvalue weighted by Gasteiger charge is 2.21. The van der Waals surface area contributed by atoms with Crippen molar-refractivity contribution in [3.05, 3.63) is 125 Å². The fourth-order valence-electron chi connectivity index (χ4n) is 4.33. The van der Waals surface area contributed by atoms with Crippen LogP contribution in [0.4, 0.5) is 0 Å². The molecule has 0 aliphatic heterocycles. The van der Waals surface area contributed by atoms with Gasteiger partial charge in [0.2, 0.25) is 0 Å². The van der Waals surface area contributed by atoms with Gasteiger partial charge in [-0.3, -0.25) is 0 Å². The van der Waals surface area contributed by atoms with Gasteiger partial charge >= 0.3 is 0 Å². The Morgan fingerprint density at radius 3 is 1.88 bits per heavy atom. The molecule has 4 aromatic carbocycles. The zero-order valence-electron chi connectivity index (χ0n) is 19.8. The molecule has 4 rings (SSSR count). The third-order valence-corrected chi connectivity index (χ3v) is 11.6. The summed E-state index contributed by atoms with van der Waals surface area (Å²) < 4.78 is 0. The second kappa shape index (κ2) is 11.4. The molecule has 0 aliphatic carbocycles. The van der Waals surface area contributed by atoms with Crippen molar-refractivity contribution in [3.8, 4) is 0 Å². The summed E-state index contributed by atoms with van der Waals surface area (Å²) in [5.41, 5.74) is 7.12. The van der Waals surface area contributed by atoms with Crippen LogP contribution in [-0.2, 0) is 6.16 Å². The lowest BCUT2D eigenvalue weighted by atomic mass is 10.1. The van der Waals surface area contributed by atoms with Crippen molar-refractivity contribution in [2.24, 2.45) is 0 Å². The lowest BCUT2D eigenvalue weighted by Gasteiger charge is -2.25. The molecule has 0 fully saturated rings. The van der Waals surface area contributed by atoms with E-state index in [0.29, 0.717) is 5.25 Å². The maximum atomic E-state index is 2.35. The Hall–Kier alpha value is -1.99. The summed E-state index contributed by atoms with van der Waals surface area (Å²) in [4.78, 5) is 2.68. The average Bonchev–Trinajstić information content (AvgIpc) is 2.80. The first kappa shape index (κ1) is 24.1. The zero-order valence-corrected chi connectivity index (χ0v) is 22.3. The lowest BCUT2D eigenvalue weighted by Crippen LogP contribution is -2.11. The number of rotatable bonds is 8. The molecule has 33 heavy (non-hydrogen) atoms. The van der Waals surface area contributed by atoms with E-state index in [0.717, 1.165) is 6.16 Å². The number of hydrogen-bond donors (Lipinski definition) is 0. The molecule has 0 aromatic heterocycles. The maximum Gasteiger partial charge on any atom is 0.0319 e. The Balaban J connectivity index is 1.68. The molecular formula is C30H31PS2. The summed E-state index contributed by atoms with van der Waals surface area (Å²) in [6.45, 7) is 9.12. The summed E-state index contributed by atoms with van der Waals surface area (Å²) in [6.07, 6.45) is 1.08. The minimum Gasteiger partial charge on any atom is -0.118 e. The Kier molecular flexibility index (Phi) is 8.36. The summed E-state index contributed by atoms with van der Waals surface area (Å²) in [6, 6.07) is 35.4. The van der Waals surface area contributed by atoms with Gasteiger partial charge in [0.25, 0.3) is 0 Å². The minimum atomic E-state index is -0.455. The van der Waals surface area contributed by atoms with Crippen LogP contribution in [0.5, 0.6) is 0 Å². The van der Waals surface area contributed by atoms with Gasteiger partial charge in [-0.2, -0.15) is 0 Å². The molecule has 2 atom stereocenters. The zero-order chi connectivity index (χ0) is 23.2. The Morgan fingerprint density at radius 2 is 1.24 bits per heavy atom. The van der Waals surface area contributed by atoms with Crippen molar-refractivity contribution < 1.29 is 0 Å². The van der Waals surface area contributed by atoms with Crippen molar-refractivity contribution in [2.75, 3.05) is 0 Å². The Bertz CT molecular complexity index is 1170. The van der Waals surface area contributed by atoms with Gasteiger partial charge in [0.1, 0.15) is 0 Å². The first-order valence-corrected chi connectivity index (χ1v) is 15.2. The van der Waals surface area contributed by atoms with Crippen LogP contribution >= 0.6 is 30.3 Å². The molecule has 3 heteroatoms. The van der Waals surface area contributed by atoms with Gasteiger partial charge in [0.15, 0.2) is 0 Å². The molecule has 0 aliphatic rings. The normalized spacial score (nSPS) is 13.0. The van der Waals surface area contributed by atoms with Gasteiger partial charge in [-0.05, 0) is 86.6 Å². The van der Waals surface area contributed by atoms with Gasteiger partial charge < -0.3 is 0 Å². The highest BCUT2D eigenvalue weighted by Crippen LogP contribution is 2.57. The molecule has 4 aromatic rings. The van der Waals surface area contributed by atoms with Crippen LogP contribution in [0, 0.1) is 20.8 Å². The molecule has 0 amide bonds. The van der Waals surface area contributed by atoms with Crippen molar-refractivity contribution in [3.63, 3.8) is 0 Å². The molecular weight excluding hydrogens is 455 g/mol. The molecule has 0 nitrogen and oxygen atoms in total. The fourth-order valence-corrected chi connectivity index (χ4v) is 10.6. The molecule has 0 N–H and O–H groups in total. The van der Waals surface area contributed by atoms with E-state index in [1.807, 2.05) is 11.8 Å². The van der Waals surface area contributed by atoms with Gasteiger partial charge in [-0.1, -0.05) is 89.7 Å². The maximum absolute atomic E-state index is 2.35. The first-order chi connectivity index (χ1) is 16.0. The predicted molar refractivity (Wildman–Crippen MR) is 150 cm³/mol. The molecule has 0 radical (unpaired) electrons. The molecule has 168 valence electrons. The van der Waals surface area contributed by atoms with Gasteiger partial charge in [-0.25, -0.2) is 0 Å². The van der Waals surface area contributed by atoms with Gasteiger partial charge in [0, 0.05) is 21.2 Å². The monoisotopic (exact) mass is 486 g/mol. The van der Waals surface area contributed by atoms with Crippen LogP contribution in [0.2, 0.25) is 0 Å². The quantitative estimate of drug-likeness (QED) is 0.180. The van der Waals surface area contributed by atoms with E-state index in [-0.39, 0.29) is 0 Å². The van der Waals surface area contributed by atoms with E-state index in [1.165, 1.54) is 37.6 Å². The van der Waals surface area contributed by atoms with Crippen LogP contribution < -0.4 is 5.30 Å². The largest absolute Gasteiger partial charge is 0.118 e. The molecule has 0 heterocycles. The summed E-state index contributed by atoms with van der Waals surface area (Å²) >= 11 is 4.00. The molecule has 0 saturated heterocycles. The van der Waals surface area contributed by atoms with E-state index >= 15 is 0 Å². The molecule has 0 bridgehead atoms.